The zero-order chi connectivity index (χ0) is 14.6. The first-order valence-corrected chi connectivity index (χ1v) is 7.83. The summed E-state index contributed by atoms with van der Waals surface area (Å²) in [4.78, 5) is 26.4. The van der Waals surface area contributed by atoms with E-state index in [4.69, 9.17) is 18.0 Å². The zero-order valence-electron chi connectivity index (χ0n) is 11.8. The van der Waals surface area contributed by atoms with Crippen LogP contribution in [0.3, 0.4) is 0 Å². The highest BCUT2D eigenvalue weighted by atomic mass is 32.1. The summed E-state index contributed by atoms with van der Waals surface area (Å²) in [6, 6.07) is 0. The second-order valence-electron chi connectivity index (χ2n) is 5.75. The van der Waals surface area contributed by atoms with Gasteiger partial charge in [0.1, 0.15) is 0 Å². The van der Waals surface area contributed by atoms with Gasteiger partial charge in [0.2, 0.25) is 11.8 Å². The summed E-state index contributed by atoms with van der Waals surface area (Å²) < 4.78 is 0. The second-order valence-corrected chi connectivity index (χ2v) is 6.19. The minimum atomic E-state index is -0.681. The number of amides is 2. The standard InChI is InChI=1S/C14H23N3O2S/c15-12(20)14(6-3-1-2-4-7-14)13(19)17-9-5-11(18)16-8-10-17/h1-10H2,(H2,15,20)(H,16,18). The molecule has 5 nitrogen and oxygen atoms in total. The quantitative estimate of drug-likeness (QED) is 0.588. The van der Waals surface area contributed by atoms with Gasteiger partial charge < -0.3 is 16.0 Å². The predicted octanol–water partition coefficient (Wildman–Crippen LogP) is 0.962. The molecule has 0 aromatic rings. The summed E-state index contributed by atoms with van der Waals surface area (Å²) in [6.45, 7) is 1.53. The van der Waals surface area contributed by atoms with Crippen LogP contribution < -0.4 is 11.1 Å². The van der Waals surface area contributed by atoms with Crippen LogP contribution in [-0.4, -0.2) is 41.3 Å². The van der Waals surface area contributed by atoms with E-state index in [1.807, 2.05) is 0 Å². The lowest BCUT2D eigenvalue weighted by Crippen LogP contribution is -2.51. The van der Waals surface area contributed by atoms with E-state index < -0.39 is 5.41 Å². The molecule has 0 aromatic carbocycles. The van der Waals surface area contributed by atoms with E-state index in [0.717, 1.165) is 38.5 Å². The zero-order valence-corrected chi connectivity index (χ0v) is 12.6. The Labute approximate surface area is 125 Å². The minimum Gasteiger partial charge on any atom is -0.392 e. The van der Waals surface area contributed by atoms with Crippen LogP contribution in [0, 0.1) is 5.41 Å². The first-order chi connectivity index (χ1) is 9.56. The van der Waals surface area contributed by atoms with Crippen LogP contribution in [0.15, 0.2) is 0 Å². The van der Waals surface area contributed by atoms with E-state index in [0.29, 0.717) is 31.0 Å². The summed E-state index contributed by atoms with van der Waals surface area (Å²) in [5.41, 5.74) is 5.27. The molecule has 3 N–H and O–H groups in total. The van der Waals surface area contributed by atoms with Crippen molar-refractivity contribution in [1.82, 2.24) is 10.2 Å². The van der Waals surface area contributed by atoms with Gasteiger partial charge in [-0.15, -0.1) is 0 Å². The molecule has 0 spiro atoms. The van der Waals surface area contributed by atoms with E-state index in [1.165, 1.54) is 0 Å². The Kier molecular flexibility index (Phi) is 4.96. The number of nitrogens with one attached hydrogen (secondary N) is 1. The molecule has 0 unspecified atom stereocenters. The first kappa shape index (κ1) is 15.2. The lowest BCUT2D eigenvalue weighted by atomic mass is 9.78. The van der Waals surface area contributed by atoms with E-state index in [-0.39, 0.29) is 11.8 Å². The number of hydrogen-bond donors (Lipinski definition) is 2. The topological polar surface area (TPSA) is 75.4 Å². The molecule has 112 valence electrons. The van der Waals surface area contributed by atoms with Crippen LogP contribution in [0.2, 0.25) is 0 Å². The lowest BCUT2D eigenvalue weighted by Gasteiger charge is -2.35. The number of rotatable bonds is 2. The fourth-order valence-corrected chi connectivity index (χ4v) is 3.46. The Morgan fingerprint density at radius 2 is 1.85 bits per heavy atom. The Hall–Kier alpha value is -1.17. The normalized spacial score (nSPS) is 23.4. The molecule has 1 aliphatic carbocycles. The predicted molar refractivity (Wildman–Crippen MR) is 81.1 cm³/mol. The minimum absolute atomic E-state index is 0.00513. The van der Waals surface area contributed by atoms with Gasteiger partial charge in [0.25, 0.3) is 0 Å². The van der Waals surface area contributed by atoms with Crippen LogP contribution >= 0.6 is 12.2 Å². The van der Waals surface area contributed by atoms with Crippen molar-refractivity contribution in [3.63, 3.8) is 0 Å². The van der Waals surface area contributed by atoms with Gasteiger partial charge in [-0.05, 0) is 12.8 Å². The number of carbonyl (C=O) groups is 2. The van der Waals surface area contributed by atoms with Crippen molar-refractivity contribution in [1.29, 1.82) is 0 Å². The van der Waals surface area contributed by atoms with Gasteiger partial charge in [-0.3, -0.25) is 9.59 Å². The van der Waals surface area contributed by atoms with Gasteiger partial charge in [-0.25, -0.2) is 0 Å². The average molecular weight is 297 g/mol. The Morgan fingerprint density at radius 3 is 2.45 bits per heavy atom. The van der Waals surface area contributed by atoms with Crippen LogP contribution in [0.5, 0.6) is 0 Å². The van der Waals surface area contributed by atoms with Crippen molar-refractivity contribution in [2.75, 3.05) is 19.6 Å². The Balaban J connectivity index is 2.17. The maximum Gasteiger partial charge on any atom is 0.235 e. The van der Waals surface area contributed by atoms with E-state index in [2.05, 4.69) is 5.32 Å². The van der Waals surface area contributed by atoms with Crippen molar-refractivity contribution in [2.24, 2.45) is 11.1 Å². The van der Waals surface area contributed by atoms with Crippen LogP contribution in [0.1, 0.15) is 44.9 Å². The van der Waals surface area contributed by atoms with E-state index in [1.54, 1.807) is 4.90 Å². The monoisotopic (exact) mass is 297 g/mol. The molecule has 1 saturated carbocycles. The fourth-order valence-electron chi connectivity index (χ4n) is 3.17. The molecular formula is C14H23N3O2S. The third-order valence-corrected chi connectivity index (χ3v) is 4.83. The molecule has 2 fully saturated rings. The molecule has 1 saturated heterocycles. The molecule has 6 heteroatoms. The van der Waals surface area contributed by atoms with Gasteiger partial charge in [0.05, 0.1) is 10.4 Å². The van der Waals surface area contributed by atoms with E-state index in [9.17, 15) is 9.59 Å². The summed E-state index contributed by atoms with van der Waals surface area (Å²) in [5, 5.41) is 2.79. The molecule has 1 heterocycles. The van der Waals surface area contributed by atoms with Crippen LogP contribution in [0.25, 0.3) is 0 Å². The smallest absolute Gasteiger partial charge is 0.235 e. The molecule has 2 aliphatic rings. The van der Waals surface area contributed by atoms with Crippen LogP contribution in [0.4, 0.5) is 0 Å². The van der Waals surface area contributed by atoms with Gasteiger partial charge in [-0.2, -0.15) is 0 Å². The van der Waals surface area contributed by atoms with Gasteiger partial charge in [0.15, 0.2) is 0 Å². The Bertz CT molecular complexity index is 403. The molecule has 0 aromatic heterocycles. The highest BCUT2D eigenvalue weighted by Crippen LogP contribution is 2.37. The molecule has 0 bridgehead atoms. The van der Waals surface area contributed by atoms with Crippen molar-refractivity contribution in [2.45, 2.75) is 44.9 Å². The second kappa shape index (κ2) is 6.52. The highest BCUT2D eigenvalue weighted by Gasteiger charge is 2.44. The van der Waals surface area contributed by atoms with Crippen LogP contribution in [-0.2, 0) is 9.59 Å². The maximum atomic E-state index is 12.9. The van der Waals surface area contributed by atoms with Crippen molar-refractivity contribution in [3.05, 3.63) is 0 Å². The SMILES string of the molecule is NC(=S)C1(C(=O)N2CCNC(=O)CC2)CCCCCC1. The average Bonchev–Trinajstić information content (AvgIpc) is 2.78. The number of hydrogen-bond acceptors (Lipinski definition) is 3. The largest absolute Gasteiger partial charge is 0.392 e. The van der Waals surface area contributed by atoms with Crippen molar-refractivity contribution < 1.29 is 9.59 Å². The van der Waals surface area contributed by atoms with E-state index >= 15 is 0 Å². The first-order valence-electron chi connectivity index (χ1n) is 7.42. The molecule has 2 rings (SSSR count). The van der Waals surface area contributed by atoms with Crippen molar-refractivity contribution in [3.8, 4) is 0 Å². The van der Waals surface area contributed by atoms with Gasteiger partial charge in [-0.1, -0.05) is 37.9 Å². The molecule has 0 radical (unpaired) electrons. The Morgan fingerprint density at radius 1 is 1.20 bits per heavy atom. The number of nitrogens with two attached hydrogens (primary N) is 1. The third kappa shape index (κ3) is 3.11. The molecule has 1 aliphatic heterocycles. The van der Waals surface area contributed by atoms with Gasteiger partial charge >= 0.3 is 0 Å². The van der Waals surface area contributed by atoms with Crippen molar-refractivity contribution >= 4 is 29.0 Å². The summed E-state index contributed by atoms with van der Waals surface area (Å²) in [5.74, 6) is 0.0361. The molecular weight excluding hydrogens is 274 g/mol. The molecule has 20 heavy (non-hydrogen) atoms. The molecule has 2 amide bonds. The number of carbonyl (C=O) groups excluding carboxylic acids is 2. The highest BCUT2D eigenvalue weighted by molar-refractivity contribution is 7.80. The fraction of sp³-hybridized carbons (Fsp3) is 0.786. The summed E-state index contributed by atoms with van der Waals surface area (Å²) >= 11 is 5.24. The summed E-state index contributed by atoms with van der Waals surface area (Å²) in [7, 11) is 0. The molecule has 0 atom stereocenters. The lowest BCUT2D eigenvalue weighted by molar-refractivity contribution is -0.138. The maximum absolute atomic E-state index is 12.9. The number of nitrogens with zero attached hydrogens (tertiary/aromatic N) is 1. The van der Waals surface area contributed by atoms with Gasteiger partial charge in [0, 0.05) is 26.1 Å². The third-order valence-electron chi connectivity index (χ3n) is 4.44. The number of thiocarbonyl (C=S) groups is 1. The summed E-state index contributed by atoms with van der Waals surface area (Å²) in [6.07, 6.45) is 6.12.